The molecule has 1 aromatic heterocycles. The lowest BCUT2D eigenvalue weighted by atomic mass is 10.1. The summed E-state index contributed by atoms with van der Waals surface area (Å²) in [5.74, 6) is 0.331. The predicted molar refractivity (Wildman–Crippen MR) is 132 cm³/mol. The number of benzene rings is 2. The van der Waals surface area contributed by atoms with Crippen LogP contribution in [0.15, 0.2) is 73.1 Å². The van der Waals surface area contributed by atoms with Crippen molar-refractivity contribution in [2.45, 2.75) is 38.1 Å². The van der Waals surface area contributed by atoms with Gasteiger partial charge in [0.15, 0.2) is 0 Å². The van der Waals surface area contributed by atoms with Crippen LogP contribution in [0.25, 0.3) is 0 Å². The number of rotatable bonds is 7. The van der Waals surface area contributed by atoms with Gasteiger partial charge < -0.3 is 15.0 Å². The van der Waals surface area contributed by atoms with E-state index >= 15 is 0 Å². The van der Waals surface area contributed by atoms with Crippen molar-refractivity contribution in [1.29, 1.82) is 0 Å². The number of nitrogens with one attached hydrogen (secondary N) is 1. The van der Waals surface area contributed by atoms with Crippen molar-refractivity contribution in [2.24, 2.45) is 0 Å². The zero-order chi connectivity index (χ0) is 24.9. The standard InChI is InChI=1S/C28H29FN4O3/c29-24-7-3-2-6-23(24)26-18-32(16-21-5-1-4-8-25(21)36-26)19-28(35)33(15-20-11-13-30-14-12-20)17-22-9-10-27(34)31-22/h1-8,11-14,22,26H,9-10,15-19H2,(H,31,34)/t22-,26?/m0/s1. The van der Waals surface area contributed by atoms with Crippen LogP contribution in [0, 0.1) is 5.82 Å². The van der Waals surface area contributed by atoms with E-state index in [2.05, 4.69) is 10.3 Å². The molecule has 186 valence electrons. The van der Waals surface area contributed by atoms with Crippen LogP contribution in [-0.4, -0.2) is 52.3 Å². The van der Waals surface area contributed by atoms with Crippen LogP contribution in [0.4, 0.5) is 4.39 Å². The third-order valence-electron chi connectivity index (χ3n) is 6.67. The maximum Gasteiger partial charge on any atom is 0.237 e. The van der Waals surface area contributed by atoms with Gasteiger partial charge in [-0.3, -0.25) is 19.5 Å². The number of carbonyl (C=O) groups excluding carboxylic acids is 2. The quantitative estimate of drug-likeness (QED) is 0.551. The van der Waals surface area contributed by atoms with Gasteiger partial charge in [-0.1, -0.05) is 36.4 Å². The zero-order valence-electron chi connectivity index (χ0n) is 20.0. The molecule has 1 unspecified atom stereocenters. The molecule has 0 spiro atoms. The highest BCUT2D eigenvalue weighted by atomic mass is 19.1. The highest BCUT2D eigenvalue weighted by Crippen LogP contribution is 2.32. The summed E-state index contributed by atoms with van der Waals surface area (Å²) in [6.07, 6.45) is 4.05. The molecule has 3 heterocycles. The summed E-state index contributed by atoms with van der Waals surface area (Å²) in [6.45, 7) is 1.88. The van der Waals surface area contributed by atoms with Gasteiger partial charge in [0, 0.05) is 62.2 Å². The van der Waals surface area contributed by atoms with Crippen LogP contribution in [0.2, 0.25) is 0 Å². The lowest BCUT2D eigenvalue weighted by Gasteiger charge is -2.30. The van der Waals surface area contributed by atoms with E-state index in [0.717, 1.165) is 11.1 Å². The van der Waals surface area contributed by atoms with E-state index in [1.54, 1.807) is 35.5 Å². The zero-order valence-corrected chi connectivity index (χ0v) is 20.0. The first-order valence-electron chi connectivity index (χ1n) is 12.2. The Balaban J connectivity index is 1.37. The van der Waals surface area contributed by atoms with Gasteiger partial charge in [0.1, 0.15) is 17.7 Å². The highest BCUT2D eigenvalue weighted by Gasteiger charge is 2.30. The van der Waals surface area contributed by atoms with Crippen LogP contribution < -0.4 is 10.1 Å². The number of amides is 2. The Hall–Kier alpha value is -3.78. The van der Waals surface area contributed by atoms with E-state index in [9.17, 15) is 14.0 Å². The molecule has 2 aliphatic heterocycles. The third-order valence-corrected chi connectivity index (χ3v) is 6.67. The van der Waals surface area contributed by atoms with Crippen molar-refractivity contribution in [3.05, 3.63) is 95.6 Å². The molecule has 0 bridgehead atoms. The summed E-state index contributed by atoms with van der Waals surface area (Å²) < 4.78 is 20.9. The van der Waals surface area contributed by atoms with Gasteiger partial charge in [-0.15, -0.1) is 0 Å². The number of hydrogen-bond acceptors (Lipinski definition) is 5. The minimum Gasteiger partial charge on any atom is -0.484 e. The van der Waals surface area contributed by atoms with Gasteiger partial charge in [0.2, 0.25) is 11.8 Å². The second-order valence-corrected chi connectivity index (χ2v) is 9.34. The molecule has 2 atom stereocenters. The molecule has 2 amide bonds. The molecule has 0 aliphatic carbocycles. The largest absolute Gasteiger partial charge is 0.484 e. The van der Waals surface area contributed by atoms with Gasteiger partial charge in [0.25, 0.3) is 0 Å². The SMILES string of the molecule is O=C1CC[C@@H](CN(Cc2ccncc2)C(=O)CN2Cc3ccccc3OC(c3ccccc3F)C2)N1. The highest BCUT2D eigenvalue weighted by molar-refractivity contribution is 5.80. The number of nitrogens with zero attached hydrogens (tertiary/aromatic N) is 3. The predicted octanol–water partition coefficient (Wildman–Crippen LogP) is 3.46. The van der Waals surface area contributed by atoms with Crippen LogP contribution in [0.3, 0.4) is 0 Å². The van der Waals surface area contributed by atoms with Gasteiger partial charge in [0.05, 0.1) is 6.54 Å². The molecule has 36 heavy (non-hydrogen) atoms. The third kappa shape index (κ3) is 5.71. The van der Waals surface area contributed by atoms with Crippen LogP contribution in [0.5, 0.6) is 5.75 Å². The first-order valence-corrected chi connectivity index (χ1v) is 12.2. The van der Waals surface area contributed by atoms with Crippen molar-refractivity contribution in [1.82, 2.24) is 20.1 Å². The molecule has 1 fully saturated rings. The monoisotopic (exact) mass is 488 g/mol. The van der Waals surface area contributed by atoms with E-state index in [4.69, 9.17) is 4.74 Å². The van der Waals surface area contributed by atoms with E-state index in [0.29, 0.717) is 50.3 Å². The summed E-state index contributed by atoms with van der Waals surface area (Å²) in [5.41, 5.74) is 2.39. The number of fused-ring (bicyclic) bond motifs is 1. The molecule has 2 aromatic carbocycles. The average molecular weight is 489 g/mol. The van der Waals surface area contributed by atoms with E-state index in [1.165, 1.54) is 6.07 Å². The number of aromatic nitrogens is 1. The lowest BCUT2D eigenvalue weighted by Crippen LogP contribution is -2.46. The second kappa shape index (κ2) is 10.9. The van der Waals surface area contributed by atoms with Crippen molar-refractivity contribution in [3.8, 4) is 5.75 Å². The maximum absolute atomic E-state index is 14.7. The van der Waals surface area contributed by atoms with Gasteiger partial charge in [-0.2, -0.15) is 0 Å². The summed E-state index contributed by atoms with van der Waals surface area (Å²) in [4.78, 5) is 33.3. The minimum absolute atomic E-state index is 0.0188. The topological polar surface area (TPSA) is 74.8 Å². The Bertz CT molecular complexity index is 1220. The van der Waals surface area contributed by atoms with E-state index in [-0.39, 0.29) is 30.2 Å². The fourth-order valence-corrected chi connectivity index (χ4v) is 4.83. The van der Waals surface area contributed by atoms with Gasteiger partial charge >= 0.3 is 0 Å². The molecule has 1 saturated heterocycles. The minimum atomic E-state index is -0.551. The number of pyridine rings is 1. The Labute approximate surface area is 209 Å². The average Bonchev–Trinajstić information content (AvgIpc) is 3.20. The lowest BCUT2D eigenvalue weighted by molar-refractivity contribution is -0.134. The van der Waals surface area contributed by atoms with Crippen LogP contribution in [-0.2, 0) is 22.7 Å². The summed E-state index contributed by atoms with van der Waals surface area (Å²) in [7, 11) is 0. The first-order chi connectivity index (χ1) is 17.5. The molecule has 7 nitrogen and oxygen atoms in total. The van der Waals surface area contributed by atoms with Crippen molar-refractivity contribution in [3.63, 3.8) is 0 Å². The molecule has 5 rings (SSSR count). The Morgan fingerprint density at radius 1 is 1.11 bits per heavy atom. The fourth-order valence-electron chi connectivity index (χ4n) is 4.83. The molecule has 0 radical (unpaired) electrons. The molecular weight excluding hydrogens is 459 g/mol. The van der Waals surface area contributed by atoms with Gasteiger partial charge in [-0.05, 0) is 36.2 Å². The number of hydrogen-bond donors (Lipinski definition) is 1. The van der Waals surface area contributed by atoms with Crippen LogP contribution >= 0.6 is 0 Å². The van der Waals surface area contributed by atoms with Gasteiger partial charge in [-0.25, -0.2) is 4.39 Å². The second-order valence-electron chi connectivity index (χ2n) is 9.34. The van der Waals surface area contributed by atoms with E-state index in [1.807, 2.05) is 41.3 Å². The van der Waals surface area contributed by atoms with Crippen molar-refractivity contribution < 1.29 is 18.7 Å². The Kier molecular flexibility index (Phi) is 7.23. The van der Waals surface area contributed by atoms with Crippen molar-refractivity contribution >= 4 is 11.8 Å². The maximum atomic E-state index is 14.7. The smallest absolute Gasteiger partial charge is 0.237 e. The first kappa shape index (κ1) is 23.9. The molecule has 3 aromatic rings. The molecule has 0 saturated carbocycles. The normalized spacial score (nSPS) is 19.6. The molecule has 8 heteroatoms. The number of para-hydroxylation sites is 1. The Morgan fingerprint density at radius 2 is 1.89 bits per heavy atom. The van der Waals surface area contributed by atoms with Crippen LogP contribution in [0.1, 0.15) is 35.6 Å². The molecule has 2 aliphatic rings. The summed E-state index contributed by atoms with van der Waals surface area (Å²) >= 11 is 0. The number of halogens is 1. The number of ether oxygens (including phenoxy) is 1. The van der Waals surface area contributed by atoms with E-state index < -0.39 is 6.10 Å². The summed E-state index contributed by atoms with van der Waals surface area (Å²) in [6, 6.07) is 18.0. The van der Waals surface area contributed by atoms with Crippen molar-refractivity contribution in [2.75, 3.05) is 19.6 Å². The molecule has 1 N–H and O–H groups in total. The number of carbonyl (C=O) groups is 2. The summed E-state index contributed by atoms with van der Waals surface area (Å²) in [5, 5.41) is 2.97. The molecular formula is C28H29FN4O3. The fraction of sp³-hybridized carbons (Fsp3) is 0.321. The Morgan fingerprint density at radius 3 is 2.67 bits per heavy atom.